The molecule has 0 fully saturated rings. The van der Waals surface area contributed by atoms with Crippen LogP contribution >= 0.6 is 0 Å². The molecule has 0 heterocycles. The van der Waals surface area contributed by atoms with Crippen LogP contribution in [0.5, 0.6) is 0 Å². The van der Waals surface area contributed by atoms with Crippen LogP contribution in [0.1, 0.15) is 39.3 Å². The average molecular weight is 258 g/mol. The Morgan fingerprint density at radius 3 is 2.85 bits per heavy atom. The number of hydrogen-bond donors (Lipinski definition) is 0. The van der Waals surface area contributed by atoms with Crippen LogP contribution in [0.4, 0.5) is 0 Å². The van der Waals surface area contributed by atoms with E-state index in [4.69, 9.17) is 0 Å². The van der Waals surface area contributed by atoms with Crippen molar-refractivity contribution in [2.45, 2.75) is 25.7 Å². The quantitative estimate of drug-likeness (QED) is 0.717. The Labute approximate surface area is 120 Å². The van der Waals surface area contributed by atoms with E-state index in [1.165, 1.54) is 33.4 Å². The minimum Gasteiger partial charge on any atom is -0.0795 e. The van der Waals surface area contributed by atoms with Crippen molar-refractivity contribution in [2.24, 2.45) is 0 Å². The smallest absolute Gasteiger partial charge is 0.00679 e. The molecule has 0 nitrogen and oxygen atoms in total. The fourth-order valence-corrected chi connectivity index (χ4v) is 3.53. The lowest BCUT2D eigenvalue weighted by molar-refractivity contribution is 0.846. The van der Waals surface area contributed by atoms with Gasteiger partial charge in [0.2, 0.25) is 0 Å². The molecule has 1 unspecified atom stereocenters. The van der Waals surface area contributed by atoms with Crippen LogP contribution in [0, 0.1) is 6.92 Å². The molecule has 0 bridgehead atoms. The Hall–Kier alpha value is -2.08. The van der Waals surface area contributed by atoms with Crippen molar-refractivity contribution >= 4 is 12.2 Å². The molecule has 0 spiro atoms. The Morgan fingerprint density at radius 1 is 1.00 bits per heavy atom. The summed E-state index contributed by atoms with van der Waals surface area (Å²) in [6.45, 7) is 2.20. The molecule has 98 valence electrons. The third kappa shape index (κ3) is 1.76. The van der Waals surface area contributed by atoms with Crippen molar-refractivity contribution in [1.82, 2.24) is 0 Å². The van der Waals surface area contributed by atoms with E-state index in [-0.39, 0.29) is 0 Å². The highest BCUT2D eigenvalue weighted by molar-refractivity contribution is 5.67. The van der Waals surface area contributed by atoms with Crippen LogP contribution in [0.25, 0.3) is 12.2 Å². The van der Waals surface area contributed by atoms with Crippen LogP contribution in [0.2, 0.25) is 0 Å². The van der Waals surface area contributed by atoms with Crippen molar-refractivity contribution in [2.75, 3.05) is 0 Å². The zero-order chi connectivity index (χ0) is 13.5. The minimum absolute atomic E-state index is 0.533. The molecule has 2 aromatic rings. The van der Waals surface area contributed by atoms with Crippen LogP contribution in [-0.4, -0.2) is 0 Å². The Kier molecular flexibility index (Phi) is 2.63. The van der Waals surface area contributed by atoms with Gasteiger partial charge >= 0.3 is 0 Å². The van der Waals surface area contributed by atoms with E-state index in [0.29, 0.717) is 5.92 Å². The van der Waals surface area contributed by atoms with Gasteiger partial charge in [-0.15, -0.1) is 0 Å². The molecule has 0 amide bonds. The maximum absolute atomic E-state index is 2.37. The normalized spacial score (nSPS) is 18.4. The lowest BCUT2D eigenvalue weighted by atomic mass is 9.90. The summed E-state index contributed by atoms with van der Waals surface area (Å²) in [5, 5.41) is 0. The summed E-state index contributed by atoms with van der Waals surface area (Å²) >= 11 is 0. The van der Waals surface area contributed by atoms with E-state index in [1.54, 1.807) is 0 Å². The molecule has 2 aliphatic carbocycles. The first kappa shape index (κ1) is 11.7. The average Bonchev–Trinajstić information content (AvgIpc) is 3.07. The first-order chi connectivity index (χ1) is 9.83. The molecule has 1 atom stereocenters. The number of hydrogen-bond acceptors (Lipinski definition) is 0. The van der Waals surface area contributed by atoms with Crippen LogP contribution in [0.3, 0.4) is 0 Å². The SMILES string of the molecule is Cc1cccc2c1C=CC2Cc1cccc2c1C=CC2. The van der Waals surface area contributed by atoms with E-state index >= 15 is 0 Å². The molecule has 0 saturated carbocycles. The third-order valence-electron chi connectivity index (χ3n) is 4.60. The summed E-state index contributed by atoms with van der Waals surface area (Å²) in [5.74, 6) is 0.533. The van der Waals surface area contributed by atoms with Gasteiger partial charge in [0.05, 0.1) is 0 Å². The number of aryl methyl sites for hydroxylation is 1. The molecular weight excluding hydrogens is 240 g/mol. The zero-order valence-corrected chi connectivity index (χ0v) is 11.8. The van der Waals surface area contributed by atoms with Gasteiger partial charge in [0.25, 0.3) is 0 Å². The van der Waals surface area contributed by atoms with Crippen LogP contribution in [-0.2, 0) is 12.8 Å². The molecular formula is C20H18. The van der Waals surface area contributed by atoms with Crippen molar-refractivity contribution in [1.29, 1.82) is 0 Å². The first-order valence-corrected chi connectivity index (χ1v) is 7.38. The molecule has 0 N–H and O–H groups in total. The van der Waals surface area contributed by atoms with Gasteiger partial charge < -0.3 is 0 Å². The van der Waals surface area contributed by atoms with E-state index in [2.05, 4.69) is 67.6 Å². The Balaban J connectivity index is 1.70. The predicted octanol–water partition coefficient (Wildman–Crippen LogP) is 4.92. The monoisotopic (exact) mass is 258 g/mol. The second kappa shape index (κ2) is 4.49. The topological polar surface area (TPSA) is 0 Å². The Bertz CT molecular complexity index is 732. The van der Waals surface area contributed by atoms with Gasteiger partial charge in [-0.2, -0.15) is 0 Å². The maximum Gasteiger partial charge on any atom is 0.00679 e. The molecule has 0 saturated heterocycles. The molecule has 2 aliphatic rings. The standard InChI is InChI=1S/C20H18/c1-14-5-2-10-20-17(11-12-18(14)20)13-16-8-3-6-15-7-4-9-19(15)16/h2-6,8-12,17H,7,13H2,1H3. The number of rotatable bonds is 2. The van der Waals surface area contributed by atoms with Gasteiger partial charge in [-0.3, -0.25) is 0 Å². The van der Waals surface area contributed by atoms with Crippen molar-refractivity contribution in [3.8, 4) is 0 Å². The number of allylic oxidation sites excluding steroid dienone is 2. The van der Waals surface area contributed by atoms with Gasteiger partial charge in [-0.1, -0.05) is 60.7 Å². The summed E-state index contributed by atoms with van der Waals surface area (Å²) in [5.41, 5.74) is 8.74. The van der Waals surface area contributed by atoms with Gasteiger partial charge in [0.1, 0.15) is 0 Å². The minimum atomic E-state index is 0.533. The molecule has 0 aliphatic heterocycles. The van der Waals surface area contributed by atoms with Crippen molar-refractivity contribution in [3.05, 3.63) is 81.9 Å². The highest BCUT2D eigenvalue weighted by Gasteiger charge is 2.20. The summed E-state index contributed by atoms with van der Waals surface area (Å²) < 4.78 is 0. The fraction of sp³-hybridized carbons (Fsp3) is 0.200. The van der Waals surface area contributed by atoms with Gasteiger partial charge in [0, 0.05) is 5.92 Å². The molecule has 0 heteroatoms. The summed E-state index contributed by atoms with van der Waals surface area (Å²) in [6, 6.07) is 13.4. The van der Waals surface area contributed by atoms with Gasteiger partial charge in [0.15, 0.2) is 0 Å². The van der Waals surface area contributed by atoms with Gasteiger partial charge in [-0.05, 0) is 53.1 Å². The molecule has 0 radical (unpaired) electrons. The largest absolute Gasteiger partial charge is 0.0795 e. The highest BCUT2D eigenvalue weighted by Crippen LogP contribution is 2.36. The number of fused-ring (bicyclic) bond motifs is 2. The van der Waals surface area contributed by atoms with E-state index in [9.17, 15) is 0 Å². The number of benzene rings is 2. The fourth-order valence-electron chi connectivity index (χ4n) is 3.53. The summed E-state index contributed by atoms with van der Waals surface area (Å²) in [6.07, 6.45) is 11.4. The van der Waals surface area contributed by atoms with E-state index in [1.807, 2.05) is 0 Å². The van der Waals surface area contributed by atoms with E-state index in [0.717, 1.165) is 12.8 Å². The molecule has 0 aromatic heterocycles. The van der Waals surface area contributed by atoms with E-state index < -0.39 is 0 Å². The highest BCUT2D eigenvalue weighted by atomic mass is 14.2. The lowest BCUT2D eigenvalue weighted by Crippen LogP contribution is -2.01. The van der Waals surface area contributed by atoms with Crippen molar-refractivity contribution in [3.63, 3.8) is 0 Å². The molecule has 2 aromatic carbocycles. The van der Waals surface area contributed by atoms with Gasteiger partial charge in [-0.25, -0.2) is 0 Å². The second-order valence-electron chi connectivity index (χ2n) is 5.84. The predicted molar refractivity (Wildman–Crippen MR) is 85.8 cm³/mol. The molecule has 4 rings (SSSR count). The first-order valence-electron chi connectivity index (χ1n) is 7.38. The second-order valence-corrected chi connectivity index (χ2v) is 5.84. The van der Waals surface area contributed by atoms with Crippen LogP contribution < -0.4 is 0 Å². The maximum atomic E-state index is 2.37. The summed E-state index contributed by atoms with van der Waals surface area (Å²) in [4.78, 5) is 0. The van der Waals surface area contributed by atoms with Crippen molar-refractivity contribution < 1.29 is 0 Å². The zero-order valence-electron chi connectivity index (χ0n) is 11.8. The third-order valence-corrected chi connectivity index (χ3v) is 4.60. The summed E-state index contributed by atoms with van der Waals surface area (Å²) in [7, 11) is 0. The molecule has 20 heavy (non-hydrogen) atoms. The Morgan fingerprint density at radius 2 is 1.90 bits per heavy atom. The van der Waals surface area contributed by atoms with Crippen LogP contribution in [0.15, 0.2) is 48.6 Å². The lowest BCUT2D eigenvalue weighted by Gasteiger charge is -2.14.